The summed E-state index contributed by atoms with van der Waals surface area (Å²) in [5.41, 5.74) is 0. The van der Waals surface area contributed by atoms with Gasteiger partial charge in [0.1, 0.15) is 0 Å². The molecule has 6 nitrogen and oxygen atoms in total. The van der Waals surface area contributed by atoms with Crippen LogP contribution >= 0.6 is 0 Å². The molecule has 0 bridgehead atoms. The maximum absolute atomic E-state index is 11.8. The fourth-order valence-electron chi connectivity index (χ4n) is 1.92. The number of hydrogen-bond donors (Lipinski definition) is 2. The second-order valence-electron chi connectivity index (χ2n) is 5.35. The zero-order valence-corrected chi connectivity index (χ0v) is 12.1. The highest BCUT2D eigenvalue weighted by Gasteiger charge is 2.29. The Kier molecular flexibility index (Phi) is 6.08. The van der Waals surface area contributed by atoms with Crippen LogP contribution in [0.2, 0.25) is 0 Å². The Morgan fingerprint density at radius 2 is 2.00 bits per heavy atom. The summed E-state index contributed by atoms with van der Waals surface area (Å²) in [6.45, 7) is 3.18. The van der Waals surface area contributed by atoms with Gasteiger partial charge in [0.05, 0.1) is 0 Å². The molecule has 0 heterocycles. The van der Waals surface area contributed by atoms with Crippen LogP contribution in [0.3, 0.4) is 0 Å². The van der Waals surface area contributed by atoms with Gasteiger partial charge in [0.2, 0.25) is 0 Å². The second-order valence-corrected chi connectivity index (χ2v) is 5.35. The van der Waals surface area contributed by atoms with E-state index in [0.717, 1.165) is 0 Å². The Bertz CT molecular complexity index is 318. The molecule has 1 aliphatic carbocycles. The molecule has 0 saturated heterocycles. The number of aliphatic carboxylic acids is 1. The molecular weight excluding hydrogens is 246 g/mol. The number of rotatable bonds is 8. The molecule has 1 fully saturated rings. The maximum Gasteiger partial charge on any atom is 0.317 e. The van der Waals surface area contributed by atoms with Crippen molar-refractivity contribution in [2.75, 3.05) is 27.2 Å². The van der Waals surface area contributed by atoms with Crippen molar-refractivity contribution in [2.45, 2.75) is 44.7 Å². The minimum atomic E-state index is -0.825. The topological polar surface area (TPSA) is 72.9 Å². The Balaban J connectivity index is 2.16. The van der Waals surface area contributed by atoms with Crippen molar-refractivity contribution in [3.63, 3.8) is 0 Å². The summed E-state index contributed by atoms with van der Waals surface area (Å²) < 4.78 is 0. The molecule has 0 aromatic heterocycles. The average molecular weight is 271 g/mol. The molecule has 110 valence electrons. The summed E-state index contributed by atoms with van der Waals surface area (Å²) in [5.74, 6) is -0.825. The summed E-state index contributed by atoms with van der Waals surface area (Å²) in [6.07, 6.45) is 3.09. The fourth-order valence-corrected chi connectivity index (χ4v) is 1.92. The van der Waals surface area contributed by atoms with E-state index in [2.05, 4.69) is 24.2 Å². The average Bonchev–Trinajstić information content (AvgIpc) is 3.18. The summed E-state index contributed by atoms with van der Waals surface area (Å²) in [4.78, 5) is 26.0. The van der Waals surface area contributed by atoms with Gasteiger partial charge in [-0.25, -0.2) is 4.79 Å². The number of urea groups is 1. The van der Waals surface area contributed by atoms with Crippen LogP contribution in [0.4, 0.5) is 4.79 Å². The molecule has 0 radical (unpaired) electrons. The zero-order valence-electron chi connectivity index (χ0n) is 12.1. The fraction of sp³-hybridized carbons (Fsp3) is 0.846. The highest BCUT2D eigenvalue weighted by molar-refractivity contribution is 5.74. The zero-order chi connectivity index (χ0) is 14.4. The van der Waals surface area contributed by atoms with E-state index in [1.807, 2.05) is 0 Å². The van der Waals surface area contributed by atoms with E-state index in [1.165, 1.54) is 17.7 Å². The lowest BCUT2D eigenvalue weighted by Crippen LogP contribution is -2.45. The molecule has 0 spiro atoms. The molecule has 1 unspecified atom stereocenters. The normalized spacial score (nSPS) is 16.2. The van der Waals surface area contributed by atoms with Crippen LogP contribution in [0, 0.1) is 0 Å². The molecule has 2 N–H and O–H groups in total. The Morgan fingerprint density at radius 1 is 1.37 bits per heavy atom. The van der Waals surface area contributed by atoms with Crippen LogP contribution in [-0.4, -0.2) is 66.2 Å². The molecule has 6 heteroatoms. The van der Waals surface area contributed by atoms with Crippen LogP contribution < -0.4 is 5.32 Å². The van der Waals surface area contributed by atoms with Crippen molar-refractivity contribution in [1.82, 2.24) is 15.1 Å². The third-order valence-electron chi connectivity index (χ3n) is 3.60. The molecule has 1 aliphatic rings. The molecule has 1 rings (SSSR count). The number of likely N-dealkylation sites (N-methyl/N-ethyl adjacent to an activating group) is 1. The van der Waals surface area contributed by atoms with Gasteiger partial charge in [-0.05, 0) is 33.2 Å². The molecule has 1 atom stereocenters. The summed E-state index contributed by atoms with van der Waals surface area (Å²) >= 11 is 0. The lowest BCUT2D eigenvalue weighted by molar-refractivity contribution is -0.137. The van der Waals surface area contributed by atoms with Crippen LogP contribution in [0.25, 0.3) is 0 Å². The lowest BCUT2D eigenvalue weighted by Gasteiger charge is -2.26. The van der Waals surface area contributed by atoms with Gasteiger partial charge in [-0.3, -0.25) is 9.69 Å². The summed E-state index contributed by atoms with van der Waals surface area (Å²) in [7, 11) is 3.78. The van der Waals surface area contributed by atoms with Gasteiger partial charge in [-0.1, -0.05) is 0 Å². The van der Waals surface area contributed by atoms with Crippen molar-refractivity contribution in [3.8, 4) is 0 Å². The first-order valence-electron chi connectivity index (χ1n) is 6.84. The van der Waals surface area contributed by atoms with Crippen LogP contribution in [0.5, 0.6) is 0 Å². The molecule has 0 aromatic carbocycles. The second kappa shape index (κ2) is 7.33. The van der Waals surface area contributed by atoms with Crippen molar-refractivity contribution < 1.29 is 14.7 Å². The molecule has 0 aliphatic heterocycles. The smallest absolute Gasteiger partial charge is 0.317 e. The maximum atomic E-state index is 11.8. The van der Waals surface area contributed by atoms with Crippen LogP contribution in [-0.2, 0) is 4.79 Å². The van der Waals surface area contributed by atoms with Crippen molar-refractivity contribution in [2.24, 2.45) is 0 Å². The molecule has 1 saturated carbocycles. The quantitative estimate of drug-likeness (QED) is 0.690. The first-order valence-corrected chi connectivity index (χ1v) is 6.84. The minimum absolute atomic E-state index is 0.0957. The molecule has 19 heavy (non-hydrogen) atoms. The summed E-state index contributed by atoms with van der Waals surface area (Å²) in [6, 6.07) is 0.866. The predicted octanol–water partition coefficient (Wildman–Crippen LogP) is 0.975. The van der Waals surface area contributed by atoms with Gasteiger partial charge < -0.3 is 15.3 Å². The van der Waals surface area contributed by atoms with Crippen molar-refractivity contribution in [3.05, 3.63) is 0 Å². The number of nitrogens with zero attached hydrogens (tertiary/aromatic N) is 2. The number of carboxylic acid groups (broad SMARTS) is 1. The van der Waals surface area contributed by atoms with E-state index in [-0.39, 0.29) is 12.5 Å². The molecule has 0 aromatic rings. The Labute approximate surface area is 114 Å². The van der Waals surface area contributed by atoms with Gasteiger partial charge in [0.15, 0.2) is 0 Å². The van der Waals surface area contributed by atoms with E-state index >= 15 is 0 Å². The SMILES string of the molecule is CC(CNC(=O)N(C)CCCC(=O)O)N(C)C1CC1. The van der Waals surface area contributed by atoms with Crippen LogP contribution in [0.15, 0.2) is 0 Å². The van der Waals surface area contributed by atoms with E-state index in [4.69, 9.17) is 5.11 Å². The number of carboxylic acids is 1. The Morgan fingerprint density at radius 3 is 2.53 bits per heavy atom. The standard InChI is InChI=1S/C13H25N3O3/c1-10(16(3)11-6-7-11)9-14-13(19)15(2)8-4-5-12(17)18/h10-11H,4-9H2,1-3H3,(H,14,19)(H,17,18). The van der Waals surface area contributed by atoms with Crippen molar-refractivity contribution >= 4 is 12.0 Å². The first kappa shape index (κ1) is 15.8. The molecule has 2 amide bonds. The van der Waals surface area contributed by atoms with E-state index in [0.29, 0.717) is 31.6 Å². The number of hydrogen-bond acceptors (Lipinski definition) is 3. The Hall–Kier alpha value is -1.30. The number of amides is 2. The van der Waals surface area contributed by atoms with Gasteiger partial charge >= 0.3 is 12.0 Å². The largest absolute Gasteiger partial charge is 0.481 e. The first-order chi connectivity index (χ1) is 8.91. The summed E-state index contributed by atoms with van der Waals surface area (Å²) in [5, 5.41) is 11.4. The molecular formula is C13H25N3O3. The third kappa shape index (κ3) is 5.92. The highest BCUT2D eigenvalue weighted by atomic mass is 16.4. The number of carbonyl (C=O) groups is 2. The number of carbonyl (C=O) groups excluding carboxylic acids is 1. The van der Waals surface area contributed by atoms with Crippen molar-refractivity contribution in [1.29, 1.82) is 0 Å². The van der Waals surface area contributed by atoms with Gasteiger partial charge in [-0.15, -0.1) is 0 Å². The van der Waals surface area contributed by atoms with Crippen LogP contribution in [0.1, 0.15) is 32.6 Å². The highest BCUT2D eigenvalue weighted by Crippen LogP contribution is 2.26. The van der Waals surface area contributed by atoms with Gasteiger partial charge in [0, 0.05) is 38.6 Å². The minimum Gasteiger partial charge on any atom is -0.481 e. The lowest BCUT2D eigenvalue weighted by atomic mass is 10.3. The van der Waals surface area contributed by atoms with E-state index < -0.39 is 5.97 Å². The number of nitrogens with one attached hydrogen (secondary N) is 1. The monoisotopic (exact) mass is 271 g/mol. The van der Waals surface area contributed by atoms with E-state index in [1.54, 1.807) is 7.05 Å². The van der Waals surface area contributed by atoms with Gasteiger partial charge in [0.25, 0.3) is 0 Å². The predicted molar refractivity (Wildman–Crippen MR) is 73.1 cm³/mol. The van der Waals surface area contributed by atoms with E-state index in [9.17, 15) is 9.59 Å². The third-order valence-corrected chi connectivity index (χ3v) is 3.60. The van der Waals surface area contributed by atoms with Gasteiger partial charge in [-0.2, -0.15) is 0 Å².